The minimum atomic E-state index is -1.62. The van der Waals surface area contributed by atoms with Gasteiger partial charge in [-0.3, -0.25) is 4.90 Å². The van der Waals surface area contributed by atoms with Gasteiger partial charge in [0, 0.05) is 24.0 Å². The van der Waals surface area contributed by atoms with Crippen LogP contribution in [0.3, 0.4) is 0 Å². The molecule has 0 bridgehead atoms. The van der Waals surface area contributed by atoms with Gasteiger partial charge in [-0.15, -0.1) is 0 Å². The van der Waals surface area contributed by atoms with E-state index in [-0.39, 0.29) is 11.5 Å². The zero-order chi connectivity index (χ0) is 18.1. The molecule has 5 heteroatoms. The van der Waals surface area contributed by atoms with Crippen molar-refractivity contribution in [1.82, 2.24) is 9.47 Å². The number of carbonyl (C=O) groups is 1. The van der Waals surface area contributed by atoms with Crippen LogP contribution in [0.25, 0.3) is 10.9 Å². The first kappa shape index (κ1) is 16.3. The number of nitrogens with zero attached hydrogens (tertiary/aromatic N) is 2. The minimum Gasteiger partial charge on any atom is -0.465 e. The van der Waals surface area contributed by atoms with Crippen LogP contribution in [0.15, 0.2) is 24.3 Å². The van der Waals surface area contributed by atoms with Gasteiger partial charge in [0.05, 0.1) is 18.2 Å². The highest BCUT2D eigenvalue weighted by molar-refractivity contribution is 5.90. The van der Waals surface area contributed by atoms with Gasteiger partial charge in [-0.25, -0.2) is 4.79 Å². The summed E-state index contributed by atoms with van der Waals surface area (Å²) in [5.41, 5.74) is 1.73. The third-order valence-electron chi connectivity index (χ3n) is 7.19. The largest absolute Gasteiger partial charge is 0.465 e. The number of para-hydroxylation sites is 1. The van der Waals surface area contributed by atoms with Crippen molar-refractivity contribution in [3.63, 3.8) is 0 Å². The molecule has 0 aliphatic carbocycles. The Bertz CT molecular complexity index is 904. The summed E-state index contributed by atoms with van der Waals surface area (Å²) in [7, 11) is 1.37. The number of aromatic nitrogens is 1. The number of ether oxygens (including phenoxy) is 1. The van der Waals surface area contributed by atoms with Crippen LogP contribution >= 0.6 is 0 Å². The lowest BCUT2D eigenvalue weighted by molar-refractivity contribution is -0.191. The predicted octanol–water partition coefficient (Wildman–Crippen LogP) is 2.74. The number of rotatable bonds is 2. The van der Waals surface area contributed by atoms with Gasteiger partial charge in [-0.2, -0.15) is 0 Å². The van der Waals surface area contributed by atoms with E-state index in [4.69, 9.17) is 4.74 Å². The van der Waals surface area contributed by atoms with Gasteiger partial charge in [0.25, 0.3) is 0 Å². The van der Waals surface area contributed by atoms with Gasteiger partial charge in [0.2, 0.25) is 5.72 Å². The molecule has 1 saturated heterocycles. The van der Waals surface area contributed by atoms with Gasteiger partial charge < -0.3 is 14.4 Å². The maximum absolute atomic E-state index is 12.8. The summed E-state index contributed by atoms with van der Waals surface area (Å²) in [4.78, 5) is 15.4. The first-order valence-electron chi connectivity index (χ1n) is 9.77. The van der Waals surface area contributed by atoms with Gasteiger partial charge in [0.15, 0.2) is 0 Å². The Hall–Kier alpha value is -1.85. The zero-order valence-corrected chi connectivity index (χ0v) is 15.5. The standard InChI is InChI=1S/C21H26N2O3/c1-3-20-14-7-6-11-22(20)12-10-16-15-8-4-5-9-17(15)23(18(16)20)21(25,13-14)19(24)26-2/h4-5,8-9,14,25H,3,6-7,10-13H2,1-2H3. The lowest BCUT2D eigenvalue weighted by atomic mass is 9.64. The topological polar surface area (TPSA) is 54.7 Å². The molecular formula is C21H26N2O3. The van der Waals surface area contributed by atoms with Crippen LogP contribution in [-0.2, 0) is 27.2 Å². The maximum atomic E-state index is 12.8. The Kier molecular flexibility index (Phi) is 3.35. The first-order chi connectivity index (χ1) is 12.6. The summed E-state index contributed by atoms with van der Waals surface area (Å²) in [6, 6.07) is 8.19. The van der Waals surface area contributed by atoms with Crippen LogP contribution in [0.4, 0.5) is 0 Å². The quantitative estimate of drug-likeness (QED) is 0.843. The number of methoxy groups -OCH3 is 1. The van der Waals surface area contributed by atoms with Crippen LogP contribution in [0, 0.1) is 5.92 Å². The van der Waals surface area contributed by atoms with Crippen molar-refractivity contribution in [1.29, 1.82) is 0 Å². The van der Waals surface area contributed by atoms with Crippen molar-refractivity contribution in [3.05, 3.63) is 35.5 Å². The normalized spacial score (nSPS) is 33.1. The molecule has 4 heterocycles. The molecule has 0 radical (unpaired) electrons. The molecule has 5 rings (SSSR count). The number of fused-ring (bicyclic) bond motifs is 3. The number of piperidine rings is 1. The van der Waals surface area contributed by atoms with Crippen molar-refractivity contribution < 1.29 is 14.6 Å². The fourth-order valence-electron chi connectivity index (χ4n) is 6.25. The molecule has 2 aromatic rings. The molecule has 1 aromatic heterocycles. The van der Waals surface area contributed by atoms with Crippen LogP contribution in [0.2, 0.25) is 0 Å². The van der Waals surface area contributed by atoms with Gasteiger partial charge in [-0.05, 0) is 49.8 Å². The van der Waals surface area contributed by atoms with E-state index in [1.165, 1.54) is 18.1 Å². The van der Waals surface area contributed by atoms with Gasteiger partial charge >= 0.3 is 5.97 Å². The number of carbonyl (C=O) groups excluding carboxylic acids is 1. The molecule has 138 valence electrons. The predicted molar refractivity (Wildman–Crippen MR) is 98.7 cm³/mol. The number of hydrogen-bond acceptors (Lipinski definition) is 4. The van der Waals surface area contributed by atoms with E-state index in [9.17, 15) is 9.90 Å². The Labute approximate surface area is 153 Å². The summed E-state index contributed by atoms with van der Waals surface area (Å²) in [6.07, 6.45) is 4.56. The molecule has 1 aromatic carbocycles. The molecular weight excluding hydrogens is 328 g/mol. The molecule has 3 aliphatic heterocycles. The fraction of sp³-hybridized carbons (Fsp3) is 0.571. The third kappa shape index (κ3) is 1.71. The first-order valence-corrected chi connectivity index (χ1v) is 9.77. The summed E-state index contributed by atoms with van der Waals surface area (Å²) >= 11 is 0. The second-order valence-electron chi connectivity index (χ2n) is 8.05. The zero-order valence-electron chi connectivity index (χ0n) is 15.5. The van der Waals surface area contributed by atoms with E-state index in [1.54, 1.807) is 0 Å². The van der Waals surface area contributed by atoms with Crippen molar-refractivity contribution in [2.24, 2.45) is 5.92 Å². The molecule has 5 nitrogen and oxygen atoms in total. The van der Waals surface area contributed by atoms with Gasteiger partial charge in [-0.1, -0.05) is 25.1 Å². The molecule has 3 atom stereocenters. The van der Waals surface area contributed by atoms with E-state index >= 15 is 0 Å². The molecule has 0 spiro atoms. The highest BCUT2D eigenvalue weighted by atomic mass is 16.5. The fourth-order valence-corrected chi connectivity index (χ4v) is 6.25. The van der Waals surface area contributed by atoms with E-state index < -0.39 is 11.7 Å². The highest BCUT2D eigenvalue weighted by Gasteiger charge is 2.60. The molecule has 3 unspecified atom stereocenters. The van der Waals surface area contributed by atoms with E-state index in [1.807, 2.05) is 22.8 Å². The number of esters is 1. The van der Waals surface area contributed by atoms with Crippen molar-refractivity contribution in [2.45, 2.75) is 50.3 Å². The summed E-state index contributed by atoms with van der Waals surface area (Å²) < 4.78 is 7.01. The van der Waals surface area contributed by atoms with E-state index in [0.717, 1.165) is 50.0 Å². The number of aliphatic hydroxyl groups is 1. The van der Waals surface area contributed by atoms with Crippen LogP contribution < -0.4 is 0 Å². The summed E-state index contributed by atoms with van der Waals surface area (Å²) in [5, 5.41) is 12.8. The smallest absolute Gasteiger partial charge is 0.359 e. The molecule has 1 N–H and O–H groups in total. The average Bonchev–Trinajstić information content (AvgIpc) is 3.03. The van der Waals surface area contributed by atoms with Crippen LogP contribution in [-0.4, -0.2) is 40.7 Å². The minimum absolute atomic E-state index is 0.0783. The number of hydrogen-bond donors (Lipinski definition) is 1. The third-order valence-corrected chi connectivity index (χ3v) is 7.19. The Balaban J connectivity index is 1.92. The second kappa shape index (κ2) is 5.33. The lowest BCUT2D eigenvalue weighted by Gasteiger charge is -2.59. The summed E-state index contributed by atoms with van der Waals surface area (Å²) in [6.45, 7) is 4.41. The Morgan fingerprint density at radius 1 is 1.35 bits per heavy atom. The van der Waals surface area contributed by atoms with Crippen molar-refractivity contribution >= 4 is 16.9 Å². The average molecular weight is 354 g/mol. The van der Waals surface area contributed by atoms with Crippen LogP contribution in [0.5, 0.6) is 0 Å². The lowest BCUT2D eigenvalue weighted by Crippen LogP contribution is -2.64. The second-order valence-corrected chi connectivity index (χ2v) is 8.05. The molecule has 1 fully saturated rings. The van der Waals surface area contributed by atoms with Crippen LogP contribution in [0.1, 0.15) is 43.9 Å². The summed E-state index contributed by atoms with van der Waals surface area (Å²) in [5.74, 6) is -0.283. The van der Waals surface area contributed by atoms with Gasteiger partial charge in [0.1, 0.15) is 0 Å². The van der Waals surface area contributed by atoms with Crippen molar-refractivity contribution in [3.8, 4) is 0 Å². The van der Waals surface area contributed by atoms with Crippen molar-refractivity contribution in [2.75, 3.05) is 20.2 Å². The monoisotopic (exact) mass is 354 g/mol. The Morgan fingerprint density at radius 3 is 2.92 bits per heavy atom. The highest BCUT2D eigenvalue weighted by Crippen LogP contribution is 2.57. The SMILES string of the molecule is CCC12c3c4c5ccccc5n3C(O)(C(=O)OC)CC1CCCN2CC4. The molecule has 0 saturated carbocycles. The molecule has 26 heavy (non-hydrogen) atoms. The van der Waals surface area contributed by atoms with E-state index in [2.05, 4.69) is 17.9 Å². The Morgan fingerprint density at radius 2 is 2.15 bits per heavy atom. The van der Waals surface area contributed by atoms with E-state index in [0.29, 0.717) is 6.42 Å². The number of benzene rings is 1. The molecule has 3 aliphatic rings. The maximum Gasteiger partial charge on any atom is 0.359 e. The molecule has 0 amide bonds.